The summed E-state index contributed by atoms with van der Waals surface area (Å²) in [6.07, 6.45) is 6.13. The molecule has 26 heavy (non-hydrogen) atoms. The van der Waals surface area contributed by atoms with Crippen LogP contribution in [-0.2, 0) is 6.54 Å². The first-order chi connectivity index (χ1) is 12.7. The molecule has 0 heterocycles. The van der Waals surface area contributed by atoms with Gasteiger partial charge in [0.25, 0.3) is 0 Å². The molecule has 2 aromatic rings. The SMILES string of the molecule is COc1ccc(N(Cc2ccccc2O)C(=S)NC2CCCCC2)cc1. The van der Waals surface area contributed by atoms with E-state index in [1.54, 1.807) is 13.2 Å². The van der Waals surface area contributed by atoms with E-state index in [4.69, 9.17) is 17.0 Å². The van der Waals surface area contributed by atoms with Crippen molar-refractivity contribution in [3.8, 4) is 11.5 Å². The van der Waals surface area contributed by atoms with Crippen LogP contribution in [0.25, 0.3) is 0 Å². The number of rotatable bonds is 5. The van der Waals surface area contributed by atoms with Gasteiger partial charge in [-0.25, -0.2) is 0 Å². The monoisotopic (exact) mass is 370 g/mol. The van der Waals surface area contributed by atoms with Crippen LogP contribution in [0.15, 0.2) is 48.5 Å². The number of aromatic hydroxyl groups is 1. The second-order valence-electron chi connectivity index (χ2n) is 6.70. The lowest BCUT2D eigenvalue weighted by Crippen LogP contribution is -2.45. The van der Waals surface area contributed by atoms with Gasteiger partial charge in [0.1, 0.15) is 11.5 Å². The molecule has 4 nitrogen and oxygen atoms in total. The zero-order chi connectivity index (χ0) is 18.4. The molecule has 0 bridgehead atoms. The van der Waals surface area contributed by atoms with E-state index >= 15 is 0 Å². The lowest BCUT2D eigenvalue weighted by molar-refractivity contribution is 0.413. The number of phenols is 1. The topological polar surface area (TPSA) is 44.7 Å². The van der Waals surface area contributed by atoms with Crippen LogP contribution in [0.3, 0.4) is 0 Å². The van der Waals surface area contributed by atoms with Crippen molar-refractivity contribution in [2.45, 2.75) is 44.7 Å². The molecule has 0 radical (unpaired) electrons. The van der Waals surface area contributed by atoms with Crippen molar-refractivity contribution in [3.63, 3.8) is 0 Å². The molecule has 0 atom stereocenters. The number of benzene rings is 2. The molecule has 1 fully saturated rings. The summed E-state index contributed by atoms with van der Waals surface area (Å²) in [6.45, 7) is 0.511. The van der Waals surface area contributed by atoms with Gasteiger partial charge in [-0.05, 0) is 55.4 Å². The molecule has 1 saturated carbocycles. The van der Waals surface area contributed by atoms with Gasteiger partial charge in [0.15, 0.2) is 5.11 Å². The molecule has 138 valence electrons. The first kappa shape index (κ1) is 18.5. The number of para-hydroxylation sites is 1. The summed E-state index contributed by atoms with van der Waals surface area (Å²) < 4.78 is 5.26. The van der Waals surface area contributed by atoms with E-state index in [9.17, 15) is 5.11 Å². The quantitative estimate of drug-likeness (QED) is 0.752. The third kappa shape index (κ3) is 4.67. The van der Waals surface area contributed by atoms with Crippen molar-refractivity contribution in [1.82, 2.24) is 5.32 Å². The lowest BCUT2D eigenvalue weighted by Gasteiger charge is -2.31. The van der Waals surface area contributed by atoms with E-state index in [1.165, 1.54) is 19.3 Å². The smallest absolute Gasteiger partial charge is 0.173 e. The number of hydrogen-bond acceptors (Lipinski definition) is 3. The fraction of sp³-hybridized carbons (Fsp3) is 0.381. The summed E-state index contributed by atoms with van der Waals surface area (Å²) in [5, 5.41) is 14.4. The Hall–Kier alpha value is -2.27. The zero-order valence-electron chi connectivity index (χ0n) is 15.1. The molecule has 0 aliphatic heterocycles. The Bertz CT molecular complexity index is 727. The van der Waals surface area contributed by atoms with Gasteiger partial charge in [-0.3, -0.25) is 0 Å². The van der Waals surface area contributed by atoms with Gasteiger partial charge < -0.3 is 20.1 Å². The van der Waals surface area contributed by atoms with Crippen molar-refractivity contribution in [2.75, 3.05) is 12.0 Å². The first-order valence-electron chi connectivity index (χ1n) is 9.16. The Morgan fingerprint density at radius 1 is 1.12 bits per heavy atom. The molecule has 0 aromatic heterocycles. The van der Waals surface area contributed by atoms with Crippen molar-refractivity contribution >= 4 is 23.0 Å². The largest absolute Gasteiger partial charge is 0.508 e. The third-order valence-electron chi connectivity index (χ3n) is 4.88. The number of ether oxygens (including phenoxy) is 1. The lowest BCUT2D eigenvalue weighted by atomic mass is 9.96. The minimum absolute atomic E-state index is 0.284. The molecule has 1 aliphatic rings. The van der Waals surface area contributed by atoms with Gasteiger partial charge >= 0.3 is 0 Å². The minimum Gasteiger partial charge on any atom is -0.508 e. The number of anilines is 1. The number of phenolic OH excluding ortho intramolecular Hbond substituents is 1. The van der Waals surface area contributed by atoms with Crippen molar-refractivity contribution in [2.24, 2.45) is 0 Å². The van der Waals surface area contributed by atoms with Gasteiger partial charge in [-0.2, -0.15) is 0 Å². The predicted octanol–water partition coefficient (Wildman–Crippen LogP) is 4.61. The van der Waals surface area contributed by atoms with Crippen LogP contribution in [0.5, 0.6) is 11.5 Å². The molecular formula is C21H26N2O2S. The maximum absolute atomic E-state index is 10.2. The van der Waals surface area contributed by atoms with Gasteiger partial charge in [0.05, 0.1) is 13.7 Å². The van der Waals surface area contributed by atoms with E-state index in [-0.39, 0.29) is 5.75 Å². The highest BCUT2D eigenvalue weighted by atomic mass is 32.1. The van der Waals surface area contributed by atoms with Crippen LogP contribution in [0.1, 0.15) is 37.7 Å². The summed E-state index contributed by atoms with van der Waals surface area (Å²) in [4.78, 5) is 2.04. The van der Waals surface area contributed by atoms with Gasteiger partial charge in [0.2, 0.25) is 0 Å². The third-order valence-corrected chi connectivity index (χ3v) is 5.22. The molecule has 3 rings (SSSR count). The van der Waals surface area contributed by atoms with Gasteiger partial charge in [-0.15, -0.1) is 0 Å². The van der Waals surface area contributed by atoms with Crippen molar-refractivity contribution in [1.29, 1.82) is 0 Å². The van der Waals surface area contributed by atoms with E-state index in [0.29, 0.717) is 17.7 Å². The average molecular weight is 371 g/mol. The second kappa shape index (κ2) is 8.90. The highest BCUT2D eigenvalue weighted by Gasteiger charge is 2.19. The van der Waals surface area contributed by atoms with Gasteiger partial charge in [-0.1, -0.05) is 37.5 Å². The van der Waals surface area contributed by atoms with E-state index in [2.05, 4.69) is 5.32 Å². The molecular weight excluding hydrogens is 344 g/mol. The maximum atomic E-state index is 10.2. The summed E-state index contributed by atoms with van der Waals surface area (Å²) in [7, 11) is 1.66. The summed E-state index contributed by atoms with van der Waals surface area (Å²) in [5.41, 5.74) is 1.82. The van der Waals surface area contributed by atoms with Crippen LogP contribution < -0.4 is 15.0 Å². The standard InChI is InChI=1S/C21H26N2O2S/c1-25-19-13-11-18(12-14-19)23(15-16-7-5-6-10-20(16)24)21(26)22-17-8-3-2-4-9-17/h5-7,10-14,17,24H,2-4,8-9,15H2,1H3,(H,22,26). The average Bonchev–Trinajstić information content (AvgIpc) is 2.68. The second-order valence-corrected chi connectivity index (χ2v) is 7.08. The molecule has 0 amide bonds. The minimum atomic E-state index is 0.284. The van der Waals surface area contributed by atoms with Crippen LogP contribution in [0.2, 0.25) is 0 Å². The normalized spacial score (nSPS) is 14.7. The fourth-order valence-corrected chi connectivity index (χ4v) is 3.69. The Balaban J connectivity index is 1.82. The van der Waals surface area contributed by atoms with Crippen LogP contribution in [0, 0.1) is 0 Å². The number of hydrogen-bond donors (Lipinski definition) is 2. The molecule has 2 aromatic carbocycles. The first-order valence-corrected chi connectivity index (χ1v) is 9.57. The summed E-state index contributed by atoms with van der Waals surface area (Å²) in [5.74, 6) is 1.09. The van der Waals surface area contributed by atoms with E-state index in [1.807, 2.05) is 47.4 Å². The van der Waals surface area contributed by atoms with E-state index < -0.39 is 0 Å². The number of methoxy groups -OCH3 is 1. The predicted molar refractivity (Wildman–Crippen MR) is 110 cm³/mol. The van der Waals surface area contributed by atoms with Crippen LogP contribution >= 0.6 is 12.2 Å². The molecule has 1 aliphatic carbocycles. The Kier molecular flexibility index (Phi) is 6.34. The summed E-state index contributed by atoms with van der Waals surface area (Å²) >= 11 is 5.74. The van der Waals surface area contributed by atoms with Gasteiger partial charge in [0, 0.05) is 17.3 Å². The molecule has 2 N–H and O–H groups in total. The highest BCUT2D eigenvalue weighted by Crippen LogP contribution is 2.25. The van der Waals surface area contributed by atoms with Crippen molar-refractivity contribution < 1.29 is 9.84 Å². The molecule has 0 unspecified atom stereocenters. The van der Waals surface area contributed by atoms with Crippen LogP contribution in [0.4, 0.5) is 5.69 Å². The Morgan fingerprint density at radius 2 is 1.81 bits per heavy atom. The molecule has 5 heteroatoms. The number of thiocarbonyl (C=S) groups is 1. The van der Waals surface area contributed by atoms with Crippen LogP contribution in [-0.4, -0.2) is 23.4 Å². The van der Waals surface area contributed by atoms with Crippen molar-refractivity contribution in [3.05, 3.63) is 54.1 Å². The number of nitrogens with one attached hydrogen (secondary N) is 1. The Labute approximate surface area is 160 Å². The fourth-order valence-electron chi connectivity index (χ4n) is 3.36. The molecule has 0 saturated heterocycles. The zero-order valence-corrected chi connectivity index (χ0v) is 16.0. The maximum Gasteiger partial charge on any atom is 0.173 e. The molecule has 0 spiro atoms. The number of nitrogens with zero attached hydrogens (tertiary/aromatic N) is 1. The Morgan fingerprint density at radius 3 is 2.46 bits per heavy atom. The highest BCUT2D eigenvalue weighted by molar-refractivity contribution is 7.80. The van der Waals surface area contributed by atoms with E-state index in [0.717, 1.165) is 29.8 Å². The summed E-state index contributed by atoms with van der Waals surface area (Å²) in [6, 6.07) is 15.7.